The normalized spacial score (nSPS) is 13.0. The molecule has 1 atom stereocenters. The molecule has 0 radical (unpaired) electrons. The van der Waals surface area contributed by atoms with Crippen molar-refractivity contribution in [3.05, 3.63) is 5.51 Å². The zero-order valence-electron chi connectivity index (χ0n) is 6.16. The Morgan fingerprint density at radius 2 is 2.60 bits per heavy atom. The lowest BCUT2D eigenvalue weighted by Gasteiger charge is -2.07. The fraction of sp³-hybridized carbons (Fsp3) is 0.667. The summed E-state index contributed by atoms with van der Waals surface area (Å²) in [6.07, 6.45) is 1.11. The summed E-state index contributed by atoms with van der Waals surface area (Å²) >= 11 is 1.53. The second-order valence-corrected chi connectivity index (χ2v) is 3.03. The van der Waals surface area contributed by atoms with E-state index in [4.69, 9.17) is 0 Å². The van der Waals surface area contributed by atoms with Crippen molar-refractivity contribution in [2.24, 2.45) is 0 Å². The molecular weight excluding hydrogens is 146 g/mol. The molecule has 4 heteroatoms. The van der Waals surface area contributed by atoms with Crippen molar-refractivity contribution in [3.8, 4) is 0 Å². The lowest BCUT2D eigenvalue weighted by molar-refractivity contribution is 0.760. The first kappa shape index (κ1) is 7.47. The van der Waals surface area contributed by atoms with Gasteiger partial charge < -0.3 is 5.32 Å². The number of anilines is 1. The van der Waals surface area contributed by atoms with E-state index in [9.17, 15) is 0 Å². The summed E-state index contributed by atoms with van der Waals surface area (Å²) in [5, 5.41) is 11.7. The van der Waals surface area contributed by atoms with Crippen molar-refractivity contribution < 1.29 is 0 Å². The van der Waals surface area contributed by atoms with E-state index >= 15 is 0 Å². The van der Waals surface area contributed by atoms with Gasteiger partial charge in [0.15, 0.2) is 0 Å². The largest absolute Gasteiger partial charge is 0.358 e. The minimum Gasteiger partial charge on any atom is -0.358 e. The van der Waals surface area contributed by atoms with Crippen LogP contribution in [0.2, 0.25) is 0 Å². The van der Waals surface area contributed by atoms with Gasteiger partial charge in [-0.15, -0.1) is 10.2 Å². The van der Waals surface area contributed by atoms with E-state index in [-0.39, 0.29) is 0 Å². The average molecular weight is 157 g/mol. The first-order valence-corrected chi connectivity index (χ1v) is 4.23. The molecule has 1 heterocycles. The van der Waals surface area contributed by atoms with Gasteiger partial charge in [0.25, 0.3) is 0 Å². The summed E-state index contributed by atoms with van der Waals surface area (Å²) in [6, 6.07) is 0.493. The maximum Gasteiger partial charge on any atom is 0.205 e. The highest BCUT2D eigenvalue weighted by Gasteiger charge is 1.99. The van der Waals surface area contributed by atoms with Crippen LogP contribution in [0.25, 0.3) is 0 Å². The first-order chi connectivity index (χ1) is 4.83. The summed E-state index contributed by atoms with van der Waals surface area (Å²) in [6.45, 7) is 4.26. The molecule has 1 unspecified atom stereocenters. The number of hydrogen-bond acceptors (Lipinski definition) is 4. The molecule has 0 aromatic carbocycles. The molecule has 0 saturated heterocycles. The van der Waals surface area contributed by atoms with Crippen LogP contribution < -0.4 is 5.32 Å². The number of nitrogens with zero attached hydrogens (tertiary/aromatic N) is 2. The van der Waals surface area contributed by atoms with E-state index < -0.39 is 0 Å². The lowest BCUT2D eigenvalue weighted by Crippen LogP contribution is -2.12. The molecule has 0 saturated carbocycles. The summed E-state index contributed by atoms with van der Waals surface area (Å²) in [7, 11) is 0. The third kappa shape index (κ3) is 1.95. The van der Waals surface area contributed by atoms with Gasteiger partial charge in [-0.25, -0.2) is 0 Å². The zero-order chi connectivity index (χ0) is 7.40. The second-order valence-electron chi connectivity index (χ2n) is 2.20. The van der Waals surface area contributed by atoms with E-state index in [1.54, 1.807) is 5.51 Å². The Balaban J connectivity index is 2.40. The van der Waals surface area contributed by atoms with Gasteiger partial charge in [-0.1, -0.05) is 18.3 Å². The summed E-state index contributed by atoms with van der Waals surface area (Å²) < 4.78 is 0. The third-order valence-electron chi connectivity index (χ3n) is 1.34. The highest BCUT2D eigenvalue weighted by Crippen LogP contribution is 2.10. The van der Waals surface area contributed by atoms with E-state index in [0.717, 1.165) is 11.6 Å². The number of nitrogens with one attached hydrogen (secondary N) is 1. The molecule has 1 aromatic rings. The van der Waals surface area contributed by atoms with Gasteiger partial charge >= 0.3 is 0 Å². The predicted molar refractivity (Wildman–Crippen MR) is 43.3 cm³/mol. The SMILES string of the molecule is CCC(C)Nc1nncs1. The van der Waals surface area contributed by atoms with Gasteiger partial charge in [-0.2, -0.15) is 0 Å². The van der Waals surface area contributed by atoms with Crippen LogP contribution in [0.4, 0.5) is 5.13 Å². The maximum absolute atomic E-state index is 3.86. The monoisotopic (exact) mass is 157 g/mol. The molecule has 0 bridgehead atoms. The highest BCUT2D eigenvalue weighted by atomic mass is 32.1. The van der Waals surface area contributed by atoms with Crippen LogP contribution in [0.15, 0.2) is 5.51 Å². The minimum absolute atomic E-state index is 0.493. The summed E-state index contributed by atoms with van der Waals surface area (Å²) in [5.74, 6) is 0. The van der Waals surface area contributed by atoms with E-state index in [1.165, 1.54) is 11.3 Å². The van der Waals surface area contributed by atoms with Crippen molar-refractivity contribution in [2.75, 3.05) is 5.32 Å². The topological polar surface area (TPSA) is 37.8 Å². The van der Waals surface area contributed by atoms with Crippen LogP contribution in [-0.4, -0.2) is 16.2 Å². The van der Waals surface area contributed by atoms with Crippen LogP contribution in [0.3, 0.4) is 0 Å². The number of rotatable bonds is 3. The van der Waals surface area contributed by atoms with Gasteiger partial charge in [0, 0.05) is 6.04 Å². The quantitative estimate of drug-likeness (QED) is 0.726. The second kappa shape index (κ2) is 3.51. The fourth-order valence-electron chi connectivity index (χ4n) is 0.549. The average Bonchev–Trinajstić information content (AvgIpc) is 2.40. The van der Waals surface area contributed by atoms with Gasteiger partial charge in [0.1, 0.15) is 5.51 Å². The molecule has 0 aliphatic rings. The maximum atomic E-state index is 3.86. The highest BCUT2D eigenvalue weighted by molar-refractivity contribution is 7.13. The van der Waals surface area contributed by atoms with Crippen molar-refractivity contribution in [1.29, 1.82) is 0 Å². The van der Waals surface area contributed by atoms with Crippen molar-refractivity contribution in [3.63, 3.8) is 0 Å². The number of aromatic nitrogens is 2. The fourth-order valence-corrected chi connectivity index (χ4v) is 1.11. The van der Waals surface area contributed by atoms with Crippen molar-refractivity contribution in [1.82, 2.24) is 10.2 Å². The van der Waals surface area contributed by atoms with E-state index in [0.29, 0.717) is 6.04 Å². The molecule has 0 aliphatic carbocycles. The Bertz CT molecular complexity index is 173. The van der Waals surface area contributed by atoms with Gasteiger partial charge in [-0.3, -0.25) is 0 Å². The molecule has 0 aliphatic heterocycles. The van der Waals surface area contributed by atoms with Crippen LogP contribution in [0, 0.1) is 0 Å². The van der Waals surface area contributed by atoms with E-state index in [2.05, 4.69) is 29.4 Å². The Labute approximate surface area is 64.5 Å². The molecule has 3 nitrogen and oxygen atoms in total. The van der Waals surface area contributed by atoms with Crippen molar-refractivity contribution in [2.45, 2.75) is 26.3 Å². The first-order valence-electron chi connectivity index (χ1n) is 3.35. The molecule has 0 amide bonds. The molecular formula is C6H11N3S. The minimum atomic E-state index is 0.493. The van der Waals surface area contributed by atoms with Gasteiger partial charge in [0.05, 0.1) is 0 Å². The van der Waals surface area contributed by atoms with Gasteiger partial charge in [-0.05, 0) is 13.3 Å². The van der Waals surface area contributed by atoms with Crippen LogP contribution in [-0.2, 0) is 0 Å². The lowest BCUT2D eigenvalue weighted by atomic mass is 10.3. The van der Waals surface area contributed by atoms with Crippen molar-refractivity contribution >= 4 is 16.5 Å². The van der Waals surface area contributed by atoms with Gasteiger partial charge in [0.2, 0.25) is 5.13 Å². The van der Waals surface area contributed by atoms with Crippen LogP contribution >= 0.6 is 11.3 Å². The van der Waals surface area contributed by atoms with E-state index in [1.807, 2.05) is 0 Å². The smallest absolute Gasteiger partial charge is 0.205 e. The molecule has 0 spiro atoms. The molecule has 10 heavy (non-hydrogen) atoms. The molecule has 1 rings (SSSR count). The Morgan fingerprint density at radius 3 is 3.10 bits per heavy atom. The third-order valence-corrected chi connectivity index (χ3v) is 1.96. The molecule has 0 fully saturated rings. The summed E-state index contributed by atoms with van der Waals surface area (Å²) in [4.78, 5) is 0. The zero-order valence-corrected chi connectivity index (χ0v) is 6.98. The number of hydrogen-bond donors (Lipinski definition) is 1. The predicted octanol–water partition coefficient (Wildman–Crippen LogP) is 1.75. The molecule has 1 aromatic heterocycles. The van der Waals surface area contributed by atoms with Crippen LogP contribution in [0.1, 0.15) is 20.3 Å². The van der Waals surface area contributed by atoms with Crippen LogP contribution in [0.5, 0.6) is 0 Å². The summed E-state index contributed by atoms with van der Waals surface area (Å²) in [5.41, 5.74) is 1.73. The molecule has 56 valence electrons. The Morgan fingerprint density at radius 1 is 1.80 bits per heavy atom. The Kier molecular flexibility index (Phi) is 2.62. The Hall–Kier alpha value is -0.640. The standard InChI is InChI=1S/C6H11N3S/c1-3-5(2)8-6-9-7-4-10-6/h4-5H,3H2,1-2H3,(H,8,9). The molecule has 1 N–H and O–H groups in total.